The second-order valence-electron chi connectivity index (χ2n) is 9.19. The van der Waals surface area contributed by atoms with Crippen molar-refractivity contribution in [2.75, 3.05) is 32.2 Å². The molecular weight excluding hydrogens is 488 g/mol. The molecule has 0 radical (unpaired) electrons. The lowest BCUT2D eigenvalue weighted by Gasteiger charge is -2.17. The van der Waals surface area contributed by atoms with Gasteiger partial charge in [0, 0.05) is 52.8 Å². The number of methoxy groups -OCH3 is 1. The van der Waals surface area contributed by atoms with Gasteiger partial charge in [-0.2, -0.15) is 0 Å². The van der Waals surface area contributed by atoms with E-state index in [0.717, 1.165) is 58.5 Å². The fourth-order valence-corrected chi connectivity index (χ4v) is 4.37. The molecule has 0 unspecified atom stereocenters. The van der Waals surface area contributed by atoms with E-state index in [0.29, 0.717) is 24.3 Å². The third kappa shape index (κ3) is 6.95. The van der Waals surface area contributed by atoms with Gasteiger partial charge in [-0.15, -0.1) is 0 Å². The first-order chi connectivity index (χ1) is 18.0. The summed E-state index contributed by atoms with van der Waals surface area (Å²) < 4.78 is 10.8. The van der Waals surface area contributed by atoms with Crippen LogP contribution in [0.5, 0.6) is 0 Å². The number of unbranched alkanes of at least 4 members (excludes halogenated alkanes) is 1. The number of nitrogens with zero attached hydrogens (tertiary/aromatic N) is 2. The number of pyridine rings is 2. The third-order valence-corrected chi connectivity index (χ3v) is 6.63. The number of aromatic nitrogens is 2. The van der Waals surface area contributed by atoms with E-state index in [4.69, 9.17) is 26.1 Å². The van der Waals surface area contributed by atoms with Gasteiger partial charge in [0.25, 0.3) is 0 Å². The second kappa shape index (κ2) is 12.8. The SMILES string of the molecule is COC(=O)c1ccc2c(c1)nc(N[C@@H](C)COCCCCNCc1ccc(C)c(Cl)c1)c1ccncc12. The van der Waals surface area contributed by atoms with Gasteiger partial charge in [-0.05, 0) is 68.6 Å². The number of halogens is 1. The molecule has 194 valence electrons. The molecule has 0 saturated carbocycles. The van der Waals surface area contributed by atoms with Gasteiger partial charge in [-0.3, -0.25) is 4.98 Å². The average Bonchev–Trinajstić information content (AvgIpc) is 2.91. The Balaban J connectivity index is 1.26. The van der Waals surface area contributed by atoms with E-state index >= 15 is 0 Å². The van der Waals surface area contributed by atoms with Crippen molar-refractivity contribution < 1.29 is 14.3 Å². The Bertz CT molecular complexity index is 1380. The molecule has 8 heteroatoms. The number of hydrogen-bond donors (Lipinski definition) is 2. The first-order valence-corrected chi connectivity index (χ1v) is 12.9. The number of rotatable bonds is 12. The summed E-state index contributed by atoms with van der Waals surface area (Å²) >= 11 is 6.19. The van der Waals surface area contributed by atoms with E-state index in [2.05, 4.69) is 34.7 Å². The van der Waals surface area contributed by atoms with Crippen LogP contribution in [-0.4, -0.2) is 48.8 Å². The minimum absolute atomic E-state index is 0.0505. The van der Waals surface area contributed by atoms with Crippen molar-refractivity contribution in [2.45, 2.75) is 39.3 Å². The zero-order chi connectivity index (χ0) is 26.2. The lowest BCUT2D eigenvalue weighted by atomic mass is 10.1. The van der Waals surface area contributed by atoms with Gasteiger partial charge in [-0.1, -0.05) is 29.8 Å². The summed E-state index contributed by atoms with van der Waals surface area (Å²) in [4.78, 5) is 21.1. The Morgan fingerprint density at radius 1 is 1.08 bits per heavy atom. The summed E-state index contributed by atoms with van der Waals surface area (Å²) in [6, 6.07) is 13.6. The monoisotopic (exact) mass is 520 g/mol. The predicted octanol–water partition coefficient (Wildman–Crippen LogP) is 5.92. The van der Waals surface area contributed by atoms with Crippen molar-refractivity contribution in [2.24, 2.45) is 0 Å². The number of esters is 1. The van der Waals surface area contributed by atoms with Gasteiger partial charge < -0.3 is 20.1 Å². The maximum atomic E-state index is 12.0. The second-order valence-corrected chi connectivity index (χ2v) is 9.60. The minimum atomic E-state index is -0.388. The van der Waals surface area contributed by atoms with Crippen molar-refractivity contribution in [1.82, 2.24) is 15.3 Å². The molecule has 2 aromatic carbocycles. The molecule has 0 fully saturated rings. The molecule has 2 N–H and O–H groups in total. The normalized spacial score (nSPS) is 12.1. The molecule has 0 aliphatic carbocycles. The van der Waals surface area contributed by atoms with Crippen molar-refractivity contribution >= 4 is 45.1 Å². The van der Waals surface area contributed by atoms with E-state index < -0.39 is 0 Å². The Morgan fingerprint density at radius 3 is 2.76 bits per heavy atom. The van der Waals surface area contributed by atoms with Gasteiger partial charge in [0.05, 0.1) is 24.8 Å². The van der Waals surface area contributed by atoms with Crippen LogP contribution in [0.15, 0.2) is 54.9 Å². The first-order valence-electron chi connectivity index (χ1n) is 12.5. The maximum Gasteiger partial charge on any atom is 0.337 e. The van der Waals surface area contributed by atoms with E-state index in [-0.39, 0.29) is 12.0 Å². The zero-order valence-corrected chi connectivity index (χ0v) is 22.3. The van der Waals surface area contributed by atoms with Crippen LogP contribution in [0, 0.1) is 6.92 Å². The van der Waals surface area contributed by atoms with E-state index in [1.54, 1.807) is 18.3 Å². The fourth-order valence-electron chi connectivity index (χ4n) is 4.17. The summed E-state index contributed by atoms with van der Waals surface area (Å²) in [5, 5.41) is 10.6. The quantitative estimate of drug-likeness (QED) is 0.136. The molecule has 0 bridgehead atoms. The lowest BCUT2D eigenvalue weighted by molar-refractivity contribution is 0.0601. The lowest BCUT2D eigenvalue weighted by Crippen LogP contribution is -2.23. The smallest absolute Gasteiger partial charge is 0.337 e. The largest absolute Gasteiger partial charge is 0.465 e. The Hall–Kier alpha value is -3.26. The van der Waals surface area contributed by atoms with Gasteiger partial charge in [0.15, 0.2) is 0 Å². The molecule has 0 spiro atoms. The van der Waals surface area contributed by atoms with Crippen LogP contribution in [0.2, 0.25) is 5.02 Å². The van der Waals surface area contributed by atoms with Crippen LogP contribution >= 0.6 is 11.6 Å². The molecule has 0 saturated heterocycles. The molecule has 0 aliphatic rings. The van der Waals surface area contributed by atoms with Gasteiger partial charge in [0.2, 0.25) is 0 Å². The van der Waals surface area contributed by atoms with Crippen molar-refractivity contribution in [3.05, 3.63) is 76.6 Å². The molecule has 1 atom stereocenters. The molecule has 0 amide bonds. The highest BCUT2D eigenvalue weighted by Crippen LogP contribution is 2.29. The van der Waals surface area contributed by atoms with Crippen LogP contribution < -0.4 is 10.6 Å². The first kappa shape index (κ1) is 26.8. The van der Waals surface area contributed by atoms with Crippen LogP contribution in [0.4, 0.5) is 5.82 Å². The number of anilines is 1. The van der Waals surface area contributed by atoms with Gasteiger partial charge in [-0.25, -0.2) is 9.78 Å². The third-order valence-electron chi connectivity index (χ3n) is 6.23. The van der Waals surface area contributed by atoms with Crippen molar-refractivity contribution in [3.63, 3.8) is 0 Å². The number of ether oxygens (including phenoxy) is 2. The molecule has 2 heterocycles. The molecular formula is C29H33ClN4O3. The highest BCUT2D eigenvalue weighted by molar-refractivity contribution is 6.31. The topological polar surface area (TPSA) is 85.4 Å². The van der Waals surface area contributed by atoms with Crippen LogP contribution in [0.1, 0.15) is 41.3 Å². The van der Waals surface area contributed by atoms with Gasteiger partial charge in [0.1, 0.15) is 5.82 Å². The highest BCUT2D eigenvalue weighted by Gasteiger charge is 2.13. The highest BCUT2D eigenvalue weighted by atomic mass is 35.5. The zero-order valence-electron chi connectivity index (χ0n) is 21.5. The number of benzene rings is 2. The molecule has 4 aromatic rings. The number of nitrogens with one attached hydrogen (secondary N) is 2. The van der Waals surface area contributed by atoms with Crippen LogP contribution in [0.3, 0.4) is 0 Å². The predicted molar refractivity (Wildman–Crippen MR) is 149 cm³/mol. The van der Waals surface area contributed by atoms with Crippen LogP contribution in [-0.2, 0) is 16.0 Å². The maximum absolute atomic E-state index is 12.0. The fraction of sp³-hybridized carbons (Fsp3) is 0.345. The Morgan fingerprint density at radius 2 is 1.95 bits per heavy atom. The standard InChI is InChI=1S/C29H33ClN4O3/c1-19-6-7-21(14-26(19)30)16-31-11-4-5-13-37-18-20(2)33-28-24-10-12-32-17-25(24)23-9-8-22(29(35)36-3)15-27(23)34-28/h6-10,12,14-15,17,20,31H,4-5,11,13,16,18H2,1-3H3,(H,33,34)/t20-/m0/s1. The number of aryl methyl sites for hydroxylation is 1. The van der Waals surface area contributed by atoms with E-state index in [9.17, 15) is 4.79 Å². The van der Waals surface area contributed by atoms with Crippen molar-refractivity contribution in [3.8, 4) is 0 Å². The summed E-state index contributed by atoms with van der Waals surface area (Å²) in [5.41, 5.74) is 3.46. The summed E-state index contributed by atoms with van der Waals surface area (Å²) in [7, 11) is 1.37. The average molecular weight is 521 g/mol. The van der Waals surface area contributed by atoms with Crippen LogP contribution in [0.25, 0.3) is 21.7 Å². The number of carbonyl (C=O) groups excluding carboxylic acids is 1. The summed E-state index contributed by atoms with van der Waals surface area (Å²) in [6.45, 7) is 7.07. The summed E-state index contributed by atoms with van der Waals surface area (Å²) in [6.07, 6.45) is 5.60. The van der Waals surface area contributed by atoms with Gasteiger partial charge >= 0.3 is 5.97 Å². The molecule has 4 rings (SSSR count). The Labute approximate surface area is 222 Å². The van der Waals surface area contributed by atoms with Crippen molar-refractivity contribution in [1.29, 1.82) is 0 Å². The molecule has 2 aromatic heterocycles. The molecule has 7 nitrogen and oxygen atoms in total. The number of carbonyl (C=O) groups is 1. The Kier molecular flexibility index (Phi) is 9.28. The number of hydrogen-bond acceptors (Lipinski definition) is 7. The van der Waals surface area contributed by atoms with E-state index in [1.807, 2.05) is 31.3 Å². The van der Waals surface area contributed by atoms with E-state index in [1.165, 1.54) is 12.7 Å². The number of fused-ring (bicyclic) bond motifs is 3. The molecule has 0 aliphatic heterocycles. The minimum Gasteiger partial charge on any atom is -0.465 e. The molecule has 37 heavy (non-hydrogen) atoms. The summed E-state index contributed by atoms with van der Waals surface area (Å²) in [5.74, 6) is 0.351.